The number of hydrogen-bond acceptors (Lipinski definition) is 3. The van der Waals surface area contributed by atoms with E-state index in [0.29, 0.717) is 17.9 Å². The molecule has 0 aromatic heterocycles. The van der Waals surface area contributed by atoms with Crippen molar-refractivity contribution in [1.82, 2.24) is 0 Å². The van der Waals surface area contributed by atoms with Gasteiger partial charge in [-0.1, -0.05) is 38.5 Å². The van der Waals surface area contributed by atoms with Crippen molar-refractivity contribution in [3.8, 4) is 0 Å². The molecule has 0 saturated carbocycles. The van der Waals surface area contributed by atoms with Crippen molar-refractivity contribution in [3.63, 3.8) is 0 Å². The van der Waals surface area contributed by atoms with Crippen molar-refractivity contribution >= 4 is 9.84 Å². The monoisotopic (exact) mass is 283 g/mol. The second-order valence-corrected chi connectivity index (χ2v) is 7.99. The highest BCUT2D eigenvalue weighted by molar-refractivity contribution is 7.91. The maximum Gasteiger partial charge on any atom is 0.178 e. The van der Waals surface area contributed by atoms with E-state index in [9.17, 15) is 8.42 Å². The van der Waals surface area contributed by atoms with E-state index in [1.54, 1.807) is 12.1 Å². The van der Waals surface area contributed by atoms with E-state index < -0.39 is 9.84 Å². The molecule has 19 heavy (non-hydrogen) atoms. The standard InChI is InChI=1S/C15H25NO2S/c1-13-8-4-5-9-14(13)19(17,18)11-7-6-10-15(2,3)12-16/h4-5,8-9H,6-7,10-12,16H2,1-3H3. The molecule has 0 aliphatic heterocycles. The third-order valence-electron chi connectivity index (χ3n) is 3.50. The van der Waals surface area contributed by atoms with Crippen LogP contribution in [-0.4, -0.2) is 20.7 Å². The SMILES string of the molecule is Cc1ccccc1S(=O)(=O)CCCCC(C)(C)CN. The molecular formula is C15H25NO2S. The summed E-state index contributed by atoms with van der Waals surface area (Å²) in [6.07, 6.45) is 2.56. The van der Waals surface area contributed by atoms with Crippen LogP contribution in [0.1, 0.15) is 38.7 Å². The van der Waals surface area contributed by atoms with Crippen LogP contribution in [0, 0.1) is 12.3 Å². The molecule has 0 saturated heterocycles. The summed E-state index contributed by atoms with van der Waals surface area (Å²) in [5.74, 6) is 0.221. The minimum atomic E-state index is -3.15. The first-order valence-electron chi connectivity index (χ1n) is 6.77. The van der Waals surface area contributed by atoms with Crippen molar-refractivity contribution in [2.75, 3.05) is 12.3 Å². The summed E-state index contributed by atoms with van der Waals surface area (Å²) in [6.45, 7) is 6.70. The lowest BCUT2D eigenvalue weighted by Gasteiger charge is -2.21. The first-order valence-corrected chi connectivity index (χ1v) is 8.42. The average molecular weight is 283 g/mol. The molecule has 0 radical (unpaired) electrons. The molecule has 1 aromatic carbocycles. The first kappa shape index (κ1) is 16.2. The smallest absolute Gasteiger partial charge is 0.178 e. The van der Waals surface area contributed by atoms with Crippen molar-refractivity contribution in [2.24, 2.45) is 11.1 Å². The fraction of sp³-hybridized carbons (Fsp3) is 0.600. The van der Waals surface area contributed by atoms with E-state index in [0.717, 1.165) is 18.4 Å². The molecule has 108 valence electrons. The maximum absolute atomic E-state index is 12.2. The summed E-state index contributed by atoms with van der Waals surface area (Å²) in [7, 11) is -3.15. The molecule has 0 aliphatic carbocycles. The molecule has 0 aliphatic rings. The summed E-state index contributed by atoms with van der Waals surface area (Å²) in [5.41, 5.74) is 6.59. The summed E-state index contributed by atoms with van der Waals surface area (Å²) < 4.78 is 24.4. The van der Waals surface area contributed by atoms with Crippen LogP contribution < -0.4 is 5.73 Å². The number of sulfone groups is 1. The second-order valence-electron chi connectivity index (χ2n) is 5.91. The molecule has 0 bridgehead atoms. The molecule has 1 aromatic rings. The average Bonchev–Trinajstić information content (AvgIpc) is 2.35. The number of hydrogen-bond donors (Lipinski definition) is 1. The van der Waals surface area contributed by atoms with Crippen molar-refractivity contribution < 1.29 is 8.42 Å². The lowest BCUT2D eigenvalue weighted by atomic mass is 9.88. The minimum absolute atomic E-state index is 0.104. The molecule has 0 spiro atoms. The van der Waals surface area contributed by atoms with Crippen molar-refractivity contribution in [3.05, 3.63) is 29.8 Å². The Balaban J connectivity index is 2.56. The van der Waals surface area contributed by atoms with Gasteiger partial charge in [0, 0.05) is 0 Å². The number of aryl methyl sites for hydroxylation is 1. The summed E-state index contributed by atoms with van der Waals surface area (Å²) >= 11 is 0. The van der Waals surface area contributed by atoms with Gasteiger partial charge in [-0.25, -0.2) is 8.42 Å². The van der Waals surface area contributed by atoms with Crippen LogP contribution in [0.2, 0.25) is 0 Å². The maximum atomic E-state index is 12.2. The van der Waals surface area contributed by atoms with Gasteiger partial charge < -0.3 is 5.73 Å². The molecule has 2 N–H and O–H groups in total. The number of unbranched alkanes of at least 4 members (excludes halogenated alkanes) is 1. The van der Waals surface area contributed by atoms with Gasteiger partial charge in [-0.3, -0.25) is 0 Å². The zero-order valence-corrected chi connectivity index (χ0v) is 13.0. The van der Waals surface area contributed by atoms with Crippen LogP contribution in [0.4, 0.5) is 0 Å². The molecule has 0 heterocycles. The van der Waals surface area contributed by atoms with Crippen LogP contribution in [0.25, 0.3) is 0 Å². The van der Waals surface area contributed by atoms with Crippen LogP contribution in [0.3, 0.4) is 0 Å². The third-order valence-corrected chi connectivity index (χ3v) is 5.45. The zero-order valence-electron chi connectivity index (χ0n) is 12.1. The summed E-state index contributed by atoms with van der Waals surface area (Å²) in [6, 6.07) is 7.16. The van der Waals surface area contributed by atoms with Gasteiger partial charge >= 0.3 is 0 Å². The molecule has 0 atom stereocenters. The van der Waals surface area contributed by atoms with E-state index in [-0.39, 0.29) is 11.2 Å². The predicted molar refractivity (Wildman–Crippen MR) is 79.9 cm³/mol. The topological polar surface area (TPSA) is 60.2 Å². The van der Waals surface area contributed by atoms with Gasteiger partial charge in [-0.05, 0) is 43.4 Å². The van der Waals surface area contributed by atoms with Gasteiger partial charge in [0.25, 0.3) is 0 Å². The Morgan fingerprint density at radius 1 is 1.16 bits per heavy atom. The van der Waals surface area contributed by atoms with Gasteiger partial charge in [0.05, 0.1) is 10.6 Å². The largest absolute Gasteiger partial charge is 0.330 e. The second kappa shape index (κ2) is 6.53. The highest BCUT2D eigenvalue weighted by atomic mass is 32.2. The van der Waals surface area contributed by atoms with Gasteiger partial charge in [0.15, 0.2) is 9.84 Å². The molecule has 1 rings (SSSR count). The van der Waals surface area contributed by atoms with Crippen molar-refractivity contribution in [1.29, 1.82) is 0 Å². The molecule has 0 amide bonds. The van der Waals surface area contributed by atoms with E-state index in [1.165, 1.54) is 0 Å². The third kappa shape index (κ3) is 4.96. The lowest BCUT2D eigenvalue weighted by Crippen LogP contribution is -2.23. The van der Waals surface area contributed by atoms with Crippen molar-refractivity contribution in [2.45, 2.75) is 44.9 Å². The van der Waals surface area contributed by atoms with Gasteiger partial charge in [-0.2, -0.15) is 0 Å². The normalized spacial score (nSPS) is 12.6. The Bertz CT molecular complexity index is 507. The van der Waals surface area contributed by atoms with E-state index >= 15 is 0 Å². The highest BCUT2D eigenvalue weighted by Crippen LogP contribution is 2.23. The van der Waals surface area contributed by atoms with Gasteiger partial charge in [-0.15, -0.1) is 0 Å². The quantitative estimate of drug-likeness (QED) is 0.783. The Hall–Kier alpha value is -0.870. The summed E-state index contributed by atoms with van der Waals surface area (Å²) in [5, 5.41) is 0. The van der Waals surface area contributed by atoms with E-state index in [4.69, 9.17) is 5.73 Å². The fourth-order valence-electron chi connectivity index (χ4n) is 2.01. The Morgan fingerprint density at radius 2 is 1.79 bits per heavy atom. The zero-order chi connectivity index (χ0) is 14.5. The lowest BCUT2D eigenvalue weighted by molar-refractivity contribution is 0.335. The Morgan fingerprint density at radius 3 is 2.37 bits per heavy atom. The van der Waals surface area contributed by atoms with Gasteiger partial charge in [0.1, 0.15) is 0 Å². The molecular weight excluding hydrogens is 258 g/mol. The first-order chi connectivity index (χ1) is 8.78. The molecule has 0 fully saturated rings. The number of nitrogens with two attached hydrogens (primary N) is 1. The number of benzene rings is 1. The van der Waals surface area contributed by atoms with E-state index in [2.05, 4.69) is 13.8 Å². The Labute approximate surface area is 117 Å². The fourth-order valence-corrected chi connectivity index (χ4v) is 3.66. The van der Waals surface area contributed by atoms with E-state index in [1.807, 2.05) is 19.1 Å². The van der Waals surface area contributed by atoms with Crippen LogP contribution >= 0.6 is 0 Å². The predicted octanol–water partition coefficient (Wildman–Crippen LogP) is 2.92. The Kier molecular flexibility index (Phi) is 5.56. The van der Waals surface area contributed by atoms with Crippen LogP contribution in [0.15, 0.2) is 29.2 Å². The molecule has 4 heteroatoms. The number of rotatable bonds is 7. The molecule has 0 unspecified atom stereocenters. The highest BCUT2D eigenvalue weighted by Gasteiger charge is 2.18. The summed E-state index contributed by atoms with van der Waals surface area (Å²) in [4.78, 5) is 0.466. The van der Waals surface area contributed by atoms with Crippen LogP contribution in [0.5, 0.6) is 0 Å². The minimum Gasteiger partial charge on any atom is -0.330 e. The van der Waals surface area contributed by atoms with Gasteiger partial charge in [0.2, 0.25) is 0 Å². The van der Waals surface area contributed by atoms with Crippen LogP contribution in [-0.2, 0) is 9.84 Å². The molecule has 3 nitrogen and oxygen atoms in total.